The van der Waals surface area contributed by atoms with Gasteiger partial charge < -0.3 is 20.1 Å². The number of nitrogens with one attached hydrogen (secondary N) is 1. The minimum absolute atomic E-state index is 0.000877. The summed E-state index contributed by atoms with van der Waals surface area (Å²) in [7, 11) is 1.96. The third kappa shape index (κ3) is 2.48. The topological polar surface area (TPSA) is 77.9 Å². The van der Waals surface area contributed by atoms with Crippen molar-refractivity contribution in [3.63, 3.8) is 0 Å². The van der Waals surface area contributed by atoms with Crippen LogP contribution in [0.5, 0.6) is 5.75 Å². The second-order valence-electron chi connectivity index (χ2n) is 8.41. The van der Waals surface area contributed by atoms with Crippen LogP contribution in [0.4, 0.5) is 5.82 Å². The van der Waals surface area contributed by atoms with E-state index < -0.39 is 6.23 Å². The van der Waals surface area contributed by atoms with Gasteiger partial charge in [-0.3, -0.25) is 9.69 Å². The SMILES string of the molecule is CN1C(O)CC[C@@]12CCN(C(=O)c1cnc3c(c1)OCCC1(CC1)N3)C2. The number of rotatable bonds is 1. The maximum absolute atomic E-state index is 13.0. The van der Waals surface area contributed by atoms with Gasteiger partial charge in [0.05, 0.1) is 12.2 Å². The van der Waals surface area contributed by atoms with Gasteiger partial charge in [-0.2, -0.15) is 0 Å². The monoisotopic (exact) mass is 358 g/mol. The van der Waals surface area contributed by atoms with E-state index in [4.69, 9.17) is 4.74 Å². The van der Waals surface area contributed by atoms with Gasteiger partial charge in [-0.25, -0.2) is 4.98 Å². The number of aromatic nitrogens is 1. The Labute approximate surface area is 153 Å². The Hall–Kier alpha value is -1.86. The van der Waals surface area contributed by atoms with Gasteiger partial charge in [0.25, 0.3) is 5.91 Å². The van der Waals surface area contributed by atoms with Crippen LogP contribution in [0.1, 0.15) is 48.9 Å². The Morgan fingerprint density at radius 2 is 2.19 bits per heavy atom. The largest absolute Gasteiger partial charge is 0.490 e. The van der Waals surface area contributed by atoms with Gasteiger partial charge in [-0.15, -0.1) is 0 Å². The Morgan fingerprint density at radius 3 is 2.92 bits per heavy atom. The number of aliphatic hydroxyl groups excluding tert-OH is 1. The van der Waals surface area contributed by atoms with Crippen molar-refractivity contribution in [1.29, 1.82) is 0 Å². The number of likely N-dealkylation sites (N-methyl/N-ethyl adjacent to an activating group) is 1. The molecule has 0 bridgehead atoms. The molecule has 2 saturated heterocycles. The number of aliphatic hydroxyl groups is 1. The number of amides is 1. The lowest BCUT2D eigenvalue weighted by atomic mass is 9.96. The Morgan fingerprint density at radius 1 is 1.35 bits per heavy atom. The molecule has 1 amide bonds. The summed E-state index contributed by atoms with van der Waals surface area (Å²) >= 11 is 0. The molecule has 1 saturated carbocycles. The van der Waals surface area contributed by atoms with Crippen LogP contribution < -0.4 is 10.1 Å². The molecule has 7 nitrogen and oxygen atoms in total. The highest BCUT2D eigenvalue weighted by molar-refractivity contribution is 5.95. The maximum atomic E-state index is 13.0. The molecule has 1 aromatic heterocycles. The van der Waals surface area contributed by atoms with Gasteiger partial charge in [0.15, 0.2) is 11.6 Å². The van der Waals surface area contributed by atoms with E-state index in [2.05, 4.69) is 10.3 Å². The summed E-state index contributed by atoms with van der Waals surface area (Å²) in [4.78, 5) is 21.4. The standard InChI is InChI=1S/C19H26N4O3/c1-22-15(24)2-3-19(22)6-8-23(12-19)17(25)13-10-14-16(20-11-13)21-18(4-5-18)7-9-26-14/h10-11,15,24H,2-9,12H2,1H3,(H,20,21)/t15?,19-/m0/s1. The van der Waals surface area contributed by atoms with Crippen LogP contribution in [0, 0.1) is 0 Å². The van der Waals surface area contributed by atoms with Crippen molar-refractivity contribution < 1.29 is 14.6 Å². The number of carbonyl (C=O) groups excluding carboxylic acids is 1. The van der Waals surface area contributed by atoms with E-state index in [0.717, 1.165) is 50.9 Å². The molecule has 3 aliphatic heterocycles. The van der Waals surface area contributed by atoms with Crippen LogP contribution in [-0.2, 0) is 0 Å². The fraction of sp³-hybridized carbons (Fsp3) is 0.684. The molecule has 2 spiro atoms. The Balaban J connectivity index is 1.34. The van der Waals surface area contributed by atoms with E-state index in [-0.39, 0.29) is 17.0 Å². The highest BCUT2D eigenvalue weighted by atomic mass is 16.5. The second kappa shape index (κ2) is 5.57. The van der Waals surface area contributed by atoms with Crippen molar-refractivity contribution in [2.24, 2.45) is 0 Å². The molecule has 140 valence electrons. The lowest BCUT2D eigenvalue weighted by Crippen LogP contribution is -2.47. The predicted octanol–water partition coefficient (Wildman–Crippen LogP) is 1.44. The van der Waals surface area contributed by atoms with Crippen LogP contribution in [-0.4, -0.2) is 69.8 Å². The van der Waals surface area contributed by atoms with Gasteiger partial charge >= 0.3 is 0 Å². The van der Waals surface area contributed by atoms with Crippen molar-refractivity contribution in [2.75, 3.05) is 32.1 Å². The van der Waals surface area contributed by atoms with Crippen LogP contribution in [0.2, 0.25) is 0 Å². The molecule has 4 aliphatic rings. The van der Waals surface area contributed by atoms with E-state index in [1.807, 2.05) is 22.9 Å². The van der Waals surface area contributed by atoms with Crippen LogP contribution in [0.15, 0.2) is 12.3 Å². The zero-order chi connectivity index (χ0) is 17.9. The van der Waals surface area contributed by atoms with Gasteiger partial charge in [-0.05, 0) is 45.2 Å². The molecule has 1 unspecified atom stereocenters. The third-order valence-corrected chi connectivity index (χ3v) is 6.86. The number of likely N-dealkylation sites (tertiary alicyclic amines) is 2. The van der Waals surface area contributed by atoms with Crippen molar-refractivity contribution in [3.05, 3.63) is 17.8 Å². The summed E-state index contributed by atoms with van der Waals surface area (Å²) in [5, 5.41) is 13.6. The van der Waals surface area contributed by atoms with Crippen molar-refractivity contribution in [2.45, 2.75) is 55.8 Å². The number of anilines is 1. The lowest BCUT2D eigenvalue weighted by Gasteiger charge is -2.33. The number of pyridine rings is 1. The molecule has 3 fully saturated rings. The molecular weight excluding hydrogens is 332 g/mol. The molecule has 5 rings (SSSR count). The van der Waals surface area contributed by atoms with E-state index in [0.29, 0.717) is 24.5 Å². The minimum Gasteiger partial charge on any atom is -0.490 e. The van der Waals surface area contributed by atoms with Crippen molar-refractivity contribution >= 4 is 11.7 Å². The van der Waals surface area contributed by atoms with E-state index in [9.17, 15) is 9.90 Å². The summed E-state index contributed by atoms with van der Waals surface area (Å²) in [6, 6.07) is 1.83. The molecule has 0 aromatic carbocycles. The molecule has 1 aromatic rings. The fourth-order valence-corrected chi connectivity index (χ4v) is 4.75. The lowest BCUT2D eigenvalue weighted by molar-refractivity contribution is 0.00477. The van der Waals surface area contributed by atoms with Gasteiger partial charge in [0, 0.05) is 36.8 Å². The fourth-order valence-electron chi connectivity index (χ4n) is 4.75. The normalized spacial score (nSPS) is 32.2. The molecule has 26 heavy (non-hydrogen) atoms. The number of carbonyl (C=O) groups is 1. The van der Waals surface area contributed by atoms with Gasteiger partial charge in [0.2, 0.25) is 0 Å². The third-order valence-electron chi connectivity index (χ3n) is 6.86. The van der Waals surface area contributed by atoms with Gasteiger partial charge in [-0.1, -0.05) is 0 Å². The molecule has 2 atom stereocenters. The average Bonchev–Trinajstić information content (AvgIpc) is 3.24. The van der Waals surface area contributed by atoms with Crippen LogP contribution in [0.3, 0.4) is 0 Å². The first kappa shape index (κ1) is 16.3. The molecule has 2 N–H and O–H groups in total. The zero-order valence-corrected chi connectivity index (χ0v) is 15.2. The summed E-state index contributed by atoms with van der Waals surface area (Å²) < 4.78 is 5.86. The second-order valence-corrected chi connectivity index (χ2v) is 8.41. The first-order chi connectivity index (χ1) is 12.5. The zero-order valence-electron chi connectivity index (χ0n) is 15.2. The summed E-state index contributed by atoms with van der Waals surface area (Å²) in [5.41, 5.74) is 0.666. The van der Waals surface area contributed by atoms with Crippen LogP contribution >= 0.6 is 0 Å². The van der Waals surface area contributed by atoms with Crippen molar-refractivity contribution in [3.8, 4) is 5.75 Å². The number of hydrogen-bond acceptors (Lipinski definition) is 6. The smallest absolute Gasteiger partial charge is 0.255 e. The molecule has 4 heterocycles. The number of hydrogen-bond donors (Lipinski definition) is 2. The first-order valence-electron chi connectivity index (χ1n) is 9.62. The van der Waals surface area contributed by atoms with Gasteiger partial charge in [0.1, 0.15) is 6.23 Å². The number of fused-ring (bicyclic) bond motifs is 1. The highest BCUT2D eigenvalue weighted by Crippen LogP contribution is 2.45. The number of nitrogens with zero attached hydrogens (tertiary/aromatic N) is 3. The summed E-state index contributed by atoms with van der Waals surface area (Å²) in [6.45, 7) is 2.04. The van der Waals surface area contributed by atoms with E-state index >= 15 is 0 Å². The Bertz CT molecular complexity index is 750. The first-order valence-corrected chi connectivity index (χ1v) is 9.62. The number of ether oxygens (including phenoxy) is 1. The van der Waals surface area contributed by atoms with E-state index in [1.165, 1.54) is 0 Å². The highest BCUT2D eigenvalue weighted by Gasteiger charge is 2.49. The maximum Gasteiger partial charge on any atom is 0.255 e. The van der Waals surface area contributed by atoms with Crippen LogP contribution in [0.25, 0.3) is 0 Å². The molecular formula is C19H26N4O3. The molecule has 1 aliphatic carbocycles. The quantitative estimate of drug-likeness (QED) is 0.791. The summed E-state index contributed by atoms with van der Waals surface area (Å²) in [6.07, 6.45) is 7.19. The predicted molar refractivity (Wildman–Crippen MR) is 96.2 cm³/mol. The van der Waals surface area contributed by atoms with E-state index in [1.54, 1.807) is 6.20 Å². The Kier molecular flexibility index (Phi) is 3.49. The van der Waals surface area contributed by atoms with Crippen molar-refractivity contribution in [1.82, 2.24) is 14.8 Å². The molecule has 7 heteroatoms. The molecule has 0 radical (unpaired) electrons. The average molecular weight is 358 g/mol. The summed E-state index contributed by atoms with van der Waals surface area (Å²) in [5.74, 6) is 1.44. The minimum atomic E-state index is -0.395.